The molecule has 1 aliphatic rings. The summed E-state index contributed by atoms with van der Waals surface area (Å²) in [5, 5.41) is 2.72. The van der Waals surface area contributed by atoms with Crippen LogP contribution in [-0.2, 0) is 4.79 Å². The maximum Gasteiger partial charge on any atom is 0.227 e. The Morgan fingerprint density at radius 1 is 1.65 bits per heavy atom. The molecule has 0 spiro atoms. The summed E-state index contributed by atoms with van der Waals surface area (Å²) in [6.07, 6.45) is 2.55. The van der Waals surface area contributed by atoms with Gasteiger partial charge in [-0.3, -0.25) is 4.79 Å². The van der Waals surface area contributed by atoms with Gasteiger partial charge in [0.15, 0.2) is 5.82 Å². The van der Waals surface area contributed by atoms with E-state index in [9.17, 15) is 4.79 Å². The van der Waals surface area contributed by atoms with Crippen molar-refractivity contribution in [3.05, 3.63) is 18.3 Å². The first kappa shape index (κ1) is 11.7. The minimum atomic E-state index is -0.349. The molecule has 1 amide bonds. The Morgan fingerprint density at radius 2 is 2.41 bits per heavy atom. The van der Waals surface area contributed by atoms with Crippen LogP contribution in [0.5, 0.6) is 0 Å². The van der Waals surface area contributed by atoms with Crippen molar-refractivity contribution in [3.8, 4) is 0 Å². The summed E-state index contributed by atoms with van der Waals surface area (Å²) in [5.74, 6) is 0.856. The largest absolute Gasteiger partial charge is 0.396 e. The van der Waals surface area contributed by atoms with E-state index in [4.69, 9.17) is 5.73 Å². The fourth-order valence-electron chi connectivity index (χ4n) is 2.30. The molecule has 17 heavy (non-hydrogen) atoms. The Kier molecular flexibility index (Phi) is 2.92. The molecule has 1 aliphatic heterocycles. The second-order valence-corrected chi connectivity index (χ2v) is 4.73. The summed E-state index contributed by atoms with van der Waals surface area (Å²) in [6, 6.07) is 3.64. The topological polar surface area (TPSA) is 71.2 Å². The van der Waals surface area contributed by atoms with Gasteiger partial charge in [-0.15, -0.1) is 0 Å². The zero-order valence-electron chi connectivity index (χ0n) is 10.2. The van der Waals surface area contributed by atoms with Crippen LogP contribution in [0.1, 0.15) is 13.3 Å². The third-order valence-corrected chi connectivity index (χ3v) is 3.36. The fourth-order valence-corrected chi connectivity index (χ4v) is 2.30. The van der Waals surface area contributed by atoms with E-state index in [0.29, 0.717) is 12.2 Å². The van der Waals surface area contributed by atoms with Gasteiger partial charge in [0.05, 0.1) is 11.1 Å². The zero-order chi connectivity index (χ0) is 12.5. The highest BCUT2D eigenvalue weighted by Crippen LogP contribution is 2.34. The highest BCUT2D eigenvalue weighted by Gasteiger charge is 2.40. The normalized spacial score (nSPS) is 23.8. The second kappa shape index (κ2) is 4.24. The van der Waals surface area contributed by atoms with E-state index in [2.05, 4.69) is 15.2 Å². The highest BCUT2D eigenvalue weighted by molar-refractivity contribution is 5.83. The number of hydrogen-bond acceptors (Lipinski definition) is 4. The lowest BCUT2D eigenvalue weighted by Gasteiger charge is -2.23. The predicted molar refractivity (Wildman–Crippen MR) is 67.7 cm³/mol. The minimum Gasteiger partial charge on any atom is -0.396 e. The summed E-state index contributed by atoms with van der Waals surface area (Å²) in [6.45, 7) is 3.45. The summed E-state index contributed by atoms with van der Waals surface area (Å²) in [4.78, 5) is 18.2. The molecule has 1 atom stereocenters. The van der Waals surface area contributed by atoms with Gasteiger partial charge in [0, 0.05) is 26.3 Å². The summed E-state index contributed by atoms with van der Waals surface area (Å²) < 4.78 is 0. The molecule has 1 aromatic rings. The van der Waals surface area contributed by atoms with Gasteiger partial charge in [0.2, 0.25) is 5.91 Å². The number of rotatable bonds is 2. The van der Waals surface area contributed by atoms with Crippen LogP contribution >= 0.6 is 0 Å². The van der Waals surface area contributed by atoms with Gasteiger partial charge in [-0.25, -0.2) is 4.98 Å². The maximum absolute atomic E-state index is 11.8. The summed E-state index contributed by atoms with van der Waals surface area (Å²) >= 11 is 0. The number of nitrogen functional groups attached to an aromatic ring is 1. The number of amides is 1. The molecule has 2 rings (SSSR count). The highest BCUT2D eigenvalue weighted by atomic mass is 16.2. The average molecular weight is 234 g/mol. The number of nitrogens with zero attached hydrogens (tertiary/aromatic N) is 2. The number of nitrogens with one attached hydrogen (secondary N) is 1. The van der Waals surface area contributed by atoms with Crippen LogP contribution < -0.4 is 16.0 Å². The van der Waals surface area contributed by atoms with Crippen molar-refractivity contribution in [1.82, 2.24) is 10.3 Å². The number of anilines is 2. The fraction of sp³-hybridized carbons (Fsp3) is 0.500. The Hall–Kier alpha value is -1.78. The van der Waals surface area contributed by atoms with Crippen molar-refractivity contribution in [1.29, 1.82) is 0 Å². The van der Waals surface area contributed by atoms with E-state index < -0.39 is 0 Å². The van der Waals surface area contributed by atoms with Crippen molar-refractivity contribution in [3.63, 3.8) is 0 Å². The first-order valence-corrected chi connectivity index (χ1v) is 5.74. The molecule has 1 unspecified atom stereocenters. The van der Waals surface area contributed by atoms with Crippen molar-refractivity contribution >= 4 is 17.4 Å². The van der Waals surface area contributed by atoms with Gasteiger partial charge >= 0.3 is 0 Å². The van der Waals surface area contributed by atoms with Crippen LogP contribution in [0.2, 0.25) is 0 Å². The van der Waals surface area contributed by atoms with Crippen molar-refractivity contribution in [2.45, 2.75) is 13.3 Å². The number of carbonyl (C=O) groups is 1. The van der Waals surface area contributed by atoms with Crippen molar-refractivity contribution in [2.75, 3.05) is 30.8 Å². The van der Waals surface area contributed by atoms with Crippen LogP contribution in [0.3, 0.4) is 0 Å². The molecule has 0 radical (unpaired) electrons. The van der Waals surface area contributed by atoms with Crippen LogP contribution in [0.25, 0.3) is 0 Å². The first-order chi connectivity index (χ1) is 8.07. The van der Waals surface area contributed by atoms with Gasteiger partial charge in [-0.2, -0.15) is 0 Å². The molecule has 2 heterocycles. The lowest BCUT2D eigenvalue weighted by molar-refractivity contribution is -0.128. The molecule has 1 fully saturated rings. The lowest BCUT2D eigenvalue weighted by Crippen LogP contribution is -2.39. The van der Waals surface area contributed by atoms with Gasteiger partial charge in [-0.1, -0.05) is 0 Å². The number of hydrogen-bond donors (Lipinski definition) is 2. The summed E-state index contributed by atoms with van der Waals surface area (Å²) in [5.41, 5.74) is 6.21. The van der Waals surface area contributed by atoms with Crippen LogP contribution in [0.4, 0.5) is 11.5 Å². The first-order valence-electron chi connectivity index (χ1n) is 5.74. The Bertz CT molecular complexity index is 434. The second-order valence-electron chi connectivity index (χ2n) is 4.73. The van der Waals surface area contributed by atoms with Crippen molar-refractivity contribution < 1.29 is 4.79 Å². The van der Waals surface area contributed by atoms with E-state index in [-0.39, 0.29) is 11.3 Å². The van der Waals surface area contributed by atoms with Crippen molar-refractivity contribution in [2.24, 2.45) is 5.41 Å². The van der Waals surface area contributed by atoms with Gasteiger partial charge in [0.25, 0.3) is 0 Å². The standard InChI is InChI=1S/C12H18N4O/c1-12(11(17)14-2)5-7-16(8-12)10-9(13)4-3-6-15-10/h3-4,6H,5,7-8,13H2,1-2H3,(H,14,17). The Morgan fingerprint density at radius 3 is 3.06 bits per heavy atom. The third kappa shape index (κ3) is 2.05. The van der Waals surface area contributed by atoms with E-state index in [1.54, 1.807) is 13.2 Å². The average Bonchev–Trinajstić information content (AvgIpc) is 2.72. The van der Waals surface area contributed by atoms with Gasteiger partial charge in [0.1, 0.15) is 0 Å². The predicted octanol–water partition coefficient (Wildman–Crippen LogP) is 0.626. The molecule has 1 aromatic heterocycles. The lowest BCUT2D eigenvalue weighted by atomic mass is 9.89. The third-order valence-electron chi connectivity index (χ3n) is 3.36. The Labute approximate surface area is 101 Å². The summed E-state index contributed by atoms with van der Waals surface area (Å²) in [7, 11) is 1.67. The van der Waals surface area contributed by atoms with E-state index in [1.165, 1.54) is 0 Å². The molecule has 0 saturated carbocycles. The van der Waals surface area contributed by atoms with Crippen LogP contribution in [-0.4, -0.2) is 31.0 Å². The molecule has 92 valence electrons. The maximum atomic E-state index is 11.8. The van der Waals surface area contributed by atoms with Crippen LogP contribution in [0, 0.1) is 5.41 Å². The number of carbonyl (C=O) groups excluding carboxylic acids is 1. The smallest absolute Gasteiger partial charge is 0.227 e. The van der Waals surface area contributed by atoms with Gasteiger partial charge < -0.3 is 16.0 Å². The number of nitrogens with two attached hydrogens (primary N) is 1. The van der Waals surface area contributed by atoms with E-state index in [1.807, 2.05) is 19.1 Å². The zero-order valence-corrected chi connectivity index (χ0v) is 10.2. The quantitative estimate of drug-likeness (QED) is 0.787. The SMILES string of the molecule is CNC(=O)C1(C)CCN(c2ncccc2N)C1. The van der Waals surface area contributed by atoms with Crippen LogP contribution in [0.15, 0.2) is 18.3 Å². The number of pyridine rings is 1. The number of aromatic nitrogens is 1. The molecular formula is C12H18N4O. The molecule has 5 heteroatoms. The molecular weight excluding hydrogens is 216 g/mol. The minimum absolute atomic E-state index is 0.0782. The molecule has 0 aromatic carbocycles. The van der Waals surface area contributed by atoms with E-state index in [0.717, 1.165) is 18.8 Å². The van der Waals surface area contributed by atoms with Gasteiger partial charge in [-0.05, 0) is 25.5 Å². The molecule has 1 saturated heterocycles. The van der Waals surface area contributed by atoms with E-state index >= 15 is 0 Å². The molecule has 5 nitrogen and oxygen atoms in total. The molecule has 0 bridgehead atoms. The Balaban J connectivity index is 2.18. The molecule has 3 N–H and O–H groups in total. The monoisotopic (exact) mass is 234 g/mol. The molecule has 0 aliphatic carbocycles.